The van der Waals surface area contributed by atoms with Gasteiger partial charge in [-0.2, -0.15) is 5.10 Å². The number of para-hydroxylation sites is 2. The molecule has 9 nitrogen and oxygen atoms in total. The summed E-state index contributed by atoms with van der Waals surface area (Å²) in [6, 6.07) is 15.8. The van der Waals surface area contributed by atoms with Gasteiger partial charge >= 0.3 is 6.03 Å². The number of urea groups is 1. The van der Waals surface area contributed by atoms with E-state index < -0.39 is 11.1 Å². The minimum Gasteiger partial charge on any atom is -0.301 e. The molecule has 2 heterocycles. The van der Waals surface area contributed by atoms with Gasteiger partial charge in [0.1, 0.15) is 0 Å². The van der Waals surface area contributed by atoms with E-state index in [1.807, 2.05) is 36.6 Å². The number of fused-ring (bicyclic) bond motifs is 1. The van der Waals surface area contributed by atoms with Gasteiger partial charge in [0.25, 0.3) is 5.69 Å². The summed E-state index contributed by atoms with van der Waals surface area (Å²) in [6.45, 7) is 0. The summed E-state index contributed by atoms with van der Waals surface area (Å²) in [5.41, 5.74) is 1.29. The van der Waals surface area contributed by atoms with Gasteiger partial charge in [0, 0.05) is 25.0 Å². The number of benzene rings is 2. The molecule has 0 aromatic heterocycles. The van der Waals surface area contributed by atoms with Crippen LogP contribution in [0.25, 0.3) is 6.08 Å². The predicted octanol–water partition coefficient (Wildman–Crippen LogP) is 3.85. The first-order valence-electron chi connectivity index (χ1n) is 9.49. The first-order chi connectivity index (χ1) is 15.0. The Bertz CT molecular complexity index is 1090. The molecule has 0 N–H and O–H groups in total. The summed E-state index contributed by atoms with van der Waals surface area (Å²) < 4.78 is 0. The molecule has 2 amide bonds. The minimum atomic E-state index is -0.419. The van der Waals surface area contributed by atoms with Crippen molar-refractivity contribution in [1.82, 2.24) is 9.91 Å². The van der Waals surface area contributed by atoms with E-state index in [9.17, 15) is 14.9 Å². The summed E-state index contributed by atoms with van der Waals surface area (Å²) in [5, 5.41) is 18.0. The van der Waals surface area contributed by atoms with Crippen LogP contribution < -0.4 is 4.90 Å². The molecule has 1 saturated heterocycles. The van der Waals surface area contributed by atoms with E-state index >= 15 is 0 Å². The van der Waals surface area contributed by atoms with E-state index in [4.69, 9.17) is 4.99 Å². The summed E-state index contributed by atoms with van der Waals surface area (Å²) >= 11 is 1.44. The van der Waals surface area contributed by atoms with E-state index in [1.165, 1.54) is 17.8 Å². The van der Waals surface area contributed by atoms with Crippen LogP contribution in [0, 0.1) is 10.1 Å². The second-order valence-corrected chi connectivity index (χ2v) is 7.60. The number of nitro groups is 1. The van der Waals surface area contributed by atoms with Crippen LogP contribution in [0.5, 0.6) is 0 Å². The highest BCUT2D eigenvalue weighted by Crippen LogP contribution is 2.36. The Morgan fingerprint density at radius 3 is 2.58 bits per heavy atom. The second kappa shape index (κ2) is 8.60. The molecule has 10 heteroatoms. The van der Waals surface area contributed by atoms with Crippen LogP contribution in [-0.4, -0.2) is 57.9 Å². The van der Waals surface area contributed by atoms with Gasteiger partial charge < -0.3 is 4.90 Å². The van der Waals surface area contributed by atoms with Crippen molar-refractivity contribution < 1.29 is 9.72 Å². The number of carbonyl (C=O) groups excluding carboxylic acids is 1. The summed E-state index contributed by atoms with van der Waals surface area (Å²) in [7, 11) is 1.73. The Morgan fingerprint density at radius 2 is 1.87 bits per heavy atom. The topological polar surface area (TPSA) is 94.7 Å². The molecule has 0 saturated carbocycles. The predicted molar refractivity (Wildman–Crippen MR) is 123 cm³/mol. The number of aliphatic imine (C=N–C) groups is 1. The fourth-order valence-corrected chi connectivity index (χ4v) is 4.15. The molecule has 0 aliphatic carbocycles. The fraction of sp³-hybridized carbons (Fsp3) is 0.190. The third-order valence-corrected chi connectivity index (χ3v) is 5.69. The quantitative estimate of drug-likeness (QED) is 0.403. The number of amidine groups is 1. The van der Waals surface area contributed by atoms with E-state index in [0.717, 1.165) is 5.69 Å². The number of amides is 2. The van der Waals surface area contributed by atoms with Crippen molar-refractivity contribution in [3.63, 3.8) is 0 Å². The molecule has 2 aliphatic rings. The maximum atomic E-state index is 12.9. The molecular weight excluding hydrogens is 416 g/mol. The fourth-order valence-electron chi connectivity index (χ4n) is 3.60. The molecule has 2 aromatic carbocycles. The molecule has 2 unspecified atom stereocenters. The molecule has 0 bridgehead atoms. The average Bonchev–Trinajstić information content (AvgIpc) is 3.26. The number of carbonyl (C=O) groups is 1. The average molecular weight is 436 g/mol. The number of likely N-dealkylation sites (N-methyl/N-ethyl adjacent to an activating group) is 1. The first kappa shape index (κ1) is 20.6. The number of nitro benzene ring substituents is 1. The lowest BCUT2D eigenvalue weighted by molar-refractivity contribution is -0.385. The zero-order valence-electron chi connectivity index (χ0n) is 16.9. The van der Waals surface area contributed by atoms with E-state index in [0.29, 0.717) is 10.7 Å². The summed E-state index contributed by atoms with van der Waals surface area (Å²) in [5.74, 6) is 0. The molecule has 0 spiro atoms. The first-order valence-corrected chi connectivity index (χ1v) is 10.7. The molecule has 4 rings (SSSR count). The number of hydrogen-bond acceptors (Lipinski definition) is 7. The van der Waals surface area contributed by atoms with Crippen LogP contribution >= 0.6 is 11.8 Å². The van der Waals surface area contributed by atoms with Gasteiger partial charge in [0.05, 0.1) is 10.5 Å². The summed E-state index contributed by atoms with van der Waals surface area (Å²) in [6.07, 6.45) is 5.92. The van der Waals surface area contributed by atoms with Gasteiger partial charge in [-0.05, 0) is 36.6 Å². The maximum Gasteiger partial charge on any atom is 0.327 e. The normalized spacial score (nSPS) is 20.8. The highest BCUT2D eigenvalue weighted by Gasteiger charge is 2.52. The Kier molecular flexibility index (Phi) is 5.72. The molecule has 1 fully saturated rings. The zero-order chi connectivity index (χ0) is 22.0. The second-order valence-electron chi connectivity index (χ2n) is 6.83. The third kappa shape index (κ3) is 3.77. The van der Waals surface area contributed by atoms with Gasteiger partial charge in [0.2, 0.25) is 0 Å². The molecular formula is C21H20N6O3S. The van der Waals surface area contributed by atoms with Crippen LogP contribution in [0.3, 0.4) is 0 Å². The Labute approximate surface area is 183 Å². The van der Waals surface area contributed by atoms with Gasteiger partial charge in [-0.3, -0.25) is 15.0 Å². The van der Waals surface area contributed by atoms with Crippen LogP contribution in [-0.2, 0) is 0 Å². The van der Waals surface area contributed by atoms with Gasteiger partial charge in [0.15, 0.2) is 17.5 Å². The Hall–Kier alpha value is -3.66. The van der Waals surface area contributed by atoms with Crippen molar-refractivity contribution in [2.75, 3.05) is 18.2 Å². The van der Waals surface area contributed by atoms with Crippen molar-refractivity contribution in [3.8, 4) is 0 Å². The van der Waals surface area contributed by atoms with Crippen molar-refractivity contribution in [1.29, 1.82) is 0 Å². The third-order valence-electron chi connectivity index (χ3n) is 5.03. The molecule has 158 valence electrons. The lowest BCUT2D eigenvalue weighted by atomic mass is 10.2. The van der Waals surface area contributed by atoms with Crippen LogP contribution in [0.1, 0.15) is 5.56 Å². The van der Waals surface area contributed by atoms with Crippen LogP contribution in [0.15, 0.2) is 70.8 Å². The lowest BCUT2D eigenvalue weighted by Crippen LogP contribution is -2.43. The Morgan fingerprint density at radius 1 is 1.16 bits per heavy atom. The van der Waals surface area contributed by atoms with Crippen molar-refractivity contribution in [2.45, 2.75) is 12.3 Å². The number of thioether (sulfide) groups is 1. The number of hydrogen-bond donors (Lipinski definition) is 0. The van der Waals surface area contributed by atoms with Crippen molar-refractivity contribution in [2.24, 2.45) is 10.1 Å². The molecule has 2 atom stereocenters. The minimum absolute atomic E-state index is 0.0272. The SMILES string of the molecule is CSC1=NC2C(N(C)C(=O)N2c2ccccc2)N1/N=C/C=C/c1ccccc1[N+](=O)[O-]. The monoisotopic (exact) mass is 436 g/mol. The largest absolute Gasteiger partial charge is 0.327 e. The van der Waals surface area contributed by atoms with E-state index in [-0.39, 0.29) is 17.9 Å². The molecule has 2 aromatic rings. The van der Waals surface area contributed by atoms with Crippen molar-refractivity contribution >= 4 is 46.6 Å². The van der Waals surface area contributed by atoms with Gasteiger partial charge in [-0.1, -0.05) is 42.1 Å². The number of allylic oxidation sites excluding steroid dienone is 1. The highest BCUT2D eigenvalue weighted by molar-refractivity contribution is 8.13. The number of nitrogens with zero attached hydrogens (tertiary/aromatic N) is 6. The van der Waals surface area contributed by atoms with Crippen LogP contribution in [0.2, 0.25) is 0 Å². The smallest absolute Gasteiger partial charge is 0.301 e. The molecule has 31 heavy (non-hydrogen) atoms. The summed E-state index contributed by atoms with van der Waals surface area (Å²) in [4.78, 5) is 31.6. The van der Waals surface area contributed by atoms with E-state index in [1.54, 1.807) is 58.4 Å². The number of rotatable bonds is 5. The maximum absolute atomic E-state index is 12.9. The lowest BCUT2D eigenvalue weighted by Gasteiger charge is -2.25. The zero-order valence-corrected chi connectivity index (χ0v) is 17.7. The van der Waals surface area contributed by atoms with Gasteiger partial charge in [-0.25, -0.2) is 14.8 Å². The molecule has 2 aliphatic heterocycles. The van der Waals surface area contributed by atoms with E-state index in [2.05, 4.69) is 5.10 Å². The van der Waals surface area contributed by atoms with Gasteiger partial charge in [-0.15, -0.1) is 0 Å². The number of anilines is 1. The standard InChI is InChI=1S/C21H20N6O3S/c1-24-19-18(25(21(24)28)16-11-4-3-5-12-16)23-20(31-2)26(19)22-14-8-10-15-9-6-7-13-17(15)27(29)30/h3-14,18-19H,1-2H3/b10-8+,22-14+. The van der Waals surface area contributed by atoms with Crippen LogP contribution in [0.4, 0.5) is 16.2 Å². The number of hydrazone groups is 1. The van der Waals surface area contributed by atoms with Crippen molar-refractivity contribution in [3.05, 3.63) is 76.4 Å². The molecule has 0 radical (unpaired) electrons. The highest BCUT2D eigenvalue weighted by atomic mass is 32.2. The Balaban J connectivity index is 1.58.